The Bertz CT molecular complexity index is 534. The van der Waals surface area contributed by atoms with Crippen molar-refractivity contribution in [1.82, 2.24) is 10.6 Å². The molecule has 1 aromatic carbocycles. The van der Waals surface area contributed by atoms with E-state index in [1.807, 2.05) is 12.1 Å². The molecule has 1 saturated heterocycles. The lowest BCUT2D eigenvalue weighted by molar-refractivity contribution is 0.114. The molecule has 1 heterocycles. The third-order valence-corrected chi connectivity index (χ3v) is 4.97. The molecule has 4 nitrogen and oxygen atoms in total. The highest BCUT2D eigenvalue weighted by Gasteiger charge is 2.44. The van der Waals surface area contributed by atoms with Gasteiger partial charge >= 0.3 is 0 Å². The van der Waals surface area contributed by atoms with Gasteiger partial charge in [-0.25, -0.2) is 0 Å². The number of hydrogen-bond donors (Lipinski definition) is 2. The summed E-state index contributed by atoms with van der Waals surface area (Å²) in [6, 6.07) is 8.22. The van der Waals surface area contributed by atoms with Crippen molar-refractivity contribution in [1.29, 1.82) is 0 Å². The Balaban J connectivity index is 1.59. The first-order valence-electron chi connectivity index (χ1n) is 8.62. The minimum absolute atomic E-state index is 0.205. The van der Waals surface area contributed by atoms with Crippen LogP contribution in [0.25, 0.3) is 0 Å². The number of aliphatic imine (C=N–C) groups is 1. The lowest BCUT2D eigenvalue weighted by atomic mass is 9.96. The Morgan fingerprint density at radius 3 is 2.70 bits per heavy atom. The maximum Gasteiger partial charge on any atom is 0.191 e. The fourth-order valence-electron chi connectivity index (χ4n) is 3.08. The predicted molar refractivity (Wildman–Crippen MR) is 95.3 cm³/mol. The molecule has 1 aromatic rings. The molecule has 23 heavy (non-hydrogen) atoms. The highest BCUT2D eigenvalue weighted by Crippen LogP contribution is 2.48. The summed E-state index contributed by atoms with van der Waals surface area (Å²) in [6.45, 7) is 5.50. The van der Waals surface area contributed by atoms with Crippen LogP contribution in [0.4, 0.5) is 0 Å². The summed E-state index contributed by atoms with van der Waals surface area (Å²) in [6.07, 6.45) is 5.03. The second-order valence-electron chi connectivity index (χ2n) is 6.50. The average molecular weight is 336 g/mol. The quantitative estimate of drug-likeness (QED) is 0.620. The van der Waals surface area contributed by atoms with E-state index in [2.05, 4.69) is 29.7 Å². The van der Waals surface area contributed by atoms with Crippen molar-refractivity contribution < 1.29 is 4.74 Å². The molecule has 2 N–H and O–H groups in total. The summed E-state index contributed by atoms with van der Waals surface area (Å²) in [7, 11) is 0. The zero-order chi connectivity index (χ0) is 16.1. The van der Waals surface area contributed by atoms with Gasteiger partial charge in [-0.15, -0.1) is 0 Å². The highest BCUT2D eigenvalue weighted by atomic mass is 35.5. The molecule has 5 heteroatoms. The Morgan fingerprint density at radius 2 is 2.09 bits per heavy atom. The average Bonchev–Trinajstić information content (AvgIpc) is 3.16. The summed E-state index contributed by atoms with van der Waals surface area (Å²) in [5.74, 6) is 0.892. The van der Waals surface area contributed by atoms with Crippen molar-refractivity contribution >= 4 is 17.6 Å². The number of rotatable bonds is 6. The molecule has 1 aliphatic carbocycles. The zero-order valence-electron chi connectivity index (χ0n) is 13.8. The van der Waals surface area contributed by atoms with Gasteiger partial charge in [-0.1, -0.05) is 23.7 Å². The van der Waals surface area contributed by atoms with E-state index < -0.39 is 0 Å². The minimum Gasteiger partial charge on any atom is -0.376 e. The van der Waals surface area contributed by atoms with E-state index in [9.17, 15) is 0 Å². The molecule has 1 unspecified atom stereocenters. The monoisotopic (exact) mass is 335 g/mol. The van der Waals surface area contributed by atoms with Crippen LogP contribution >= 0.6 is 11.6 Å². The van der Waals surface area contributed by atoms with Gasteiger partial charge in [0.1, 0.15) is 0 Å². The molecule has 1 atom stereocenters. The van der Waals surface area contributed by atoms with Crippen molar-refractivity contribution in [3.8, 4) is 0 Å². The Labute approximate surface area is 143 Å². The van der Waals surface area contributed by atoms with E-state index in [-0.39, 0.29) is 5.41 Å². The maximum absolute atomic E-state index is 5.99. The molecular formula is C18H26ClN3O. The first-order chi connectivity index (χ1) is 11.2. The van der Waals surface area contributed by atoms with Crippen molar-refractivity contribution in [3.05, 3.63) is 34.9 Å². The van der Waals surface area contributed by atoms with Crippen LogP contribution in [0.2, 0.25) is 5.02 Å². The third kappa shape index (κ3) is 4.39. The lowest BCUT2D eigenvalue weighted by Crippen LogP contribution is -2.41. The van der Waals surface area contributed by atoms with Crippen LogP contribution in [0.3, 0.4) is 0 Å². The molecule has 126 valence electrons. The summed E-state index contributed by atoms with van der Waals surface area (Å²) >= 11 is 5.99. The summed E-state index contributed by atoms with van der Waals surface area (Å²) in [5, 5.41) is 7.54. The largest absolute Gasteiger partial charge is 0.376 e. The summed E-state index contributed by atoms with van der Waals surface area (Å²) in [4.78, 5) is 4.81. The lowest BCUT2D eigenvalue weighted by Gasteiger charge is -2.17. The smallest absolute Gasteiger partial charge is 0.191 e. The van der Waals surface area contributed by atoms with Gasteiger partial charge in [0.25, 0.3) is 0 Å². The first-order valence-corrected chi connectivity index (χ1v) is 8.99. The molecule has 1 aliphatic heterocycles. The van der Waals surface area contributed by atoms with Gasteiger partial charge in [0.05, 0.1) is 12.6 Å². The summed E-state index contributed by atoms with van der Waals surface area (Å²) in [5.41, 5.74) is 1.55. The molecule has 2 aliphatic rings. The predicted octanol–water partition coefficient (Wildman–Crippen LogP) is 3.11. The molecule has 0 aromatic heterocycles. The second kappa shape index (κ2) is 7.54. The van der Waals surface area contributed by atoms with Crippen LogP contribution in [-0.4, -0.2) is 38.3 Å². The number of halogens is 1. The van der Waals surface area contributed by atoms with E-state index in [0.717, 1.165) is 43.6 Å². The summed E-state index contributed by atoms with van der Waals surface area (Å²) < 4.78 is 5.66. The number of ether oxygens (including phenoxy) is 1. The van der Waals surface area contributed by atoms with Gasteiger partial charge in [-0.05, 0) is 50.3 Å². The van der Waals surface area contributed by atoms with Crippen LogP contribution in [0.1, 0.15) is 38.2 Å². The fourth-order valence-corrected chi connectivity index (χ4v) is 3.21. The molecule has 1 saturated carbocycles. The second-order valence-corrected chi connectivity index (χ2v) is 6.93. The van der Waals surface area contributed by atoms with Crippen molar-refractivity contribution in [2.45, 2.75) is 44.1 Å². The number of nitrogens with zero attached hydrogens (tertiary/aromatic N) is 1. The van der Waals surface area contributed by atoms with Crippen molar-refractivity contribution in [2.75, 3.05) is 26.2 Å². The maximum atomic E-state index is 5.99. The normalized spacial score (nSPS) is 22.9. The van der Waals surface area contributed by atoms with E-state index in [1.165, 1.54) is 24.8 Å². The van der Waals surface area contributed by atoms with Crippen LogP contribution in [0.5, 0.6) is 0 Å². The van der Waals surface area contributed by atoms with Gasteiger partial charge in [0, 0.05) is 30.1 Å². The standard InChI is InChI=1S/C18H26ClN3O/c1-2-20-17(21-12-16-4-3-11-23-16)22-13-18(9-10-18)14-5-7-15(19)8-6-14/h5-8,16H,2-4,9-13H2,1H3,(H2,20,21,22). The number of hydrogen-bond acceptors (Lipinski definition) is 2. The number of nitrogens with one attached hydrogen (secondary N) is 2. The topological polar surface area (TPSA) is 45.7 Å². The van der Waals surface area contributed by atoms with Crippen LogP contribution in [-0.2, 0) is 10.2 Å². The van der Waals surface area contributed by atoms with Crippen molar-refractivity contribution in [3.63, 3.8) is 0 Å². The van der Waals surface area contributed by atoms with Crippen molar-refractivity contribution in [2.24, 2.45) is 4.99 Å². The van der Waals surface area contributed by atoms with Crippen LogP contribution < -0.4 is 10.6 Å². The molecule has 3 rings (SSSR count). The third-order valence-electron chi connectivity index (χ3n) is 4.72. The van der Waals surface area contributed by atoms with E-state index in [0.29, 0.717) is 6.10 Å². The van der Waals surface area contributed by atoms with Gasteiger partial charge in [0.2, 0.25) is 0 Å². The SMILES string of the molecule is CCNC(=NCC1(c2ccc(Cl)cc2)CC1)NCC1CCCO1. The Kier molecular flexibility index (Phi) is 5.44. The van der Waals surface area contributed by atoms with Crippen LogP contribution in [0.15, 0.2) is 29.3 Å². The van der Waals surface area contributed by atoms with E-state index >= 15 is 0 Å². The highest BCUT2D eigenvalue weighted by molar-refractivity contribution is 6.30. The molecule has 0 amide bonds. The van der Waals surface area contributed by atoms with E-state index in [4.69, 9.17) is 21.3 Å². The van der Waals surface area contributed by atoms with Gasteiger partial charge < -0.3 is 15.4 Å². The first kappa shape index (κ1) is 16.6. The molecule has 0 bridgehead atoms. The molecule has 0 spiro atoms. The zero-order valence-corrected chi connectivity index (χ0v) is 14.5. The fraction of sp³-hybridized carbons (Fsp3) is 0.611. The Morgan fingerprint density at radius 1 is 1.30 bits per heavy atom. The molecular weight excluding hydrogens is 310 g/mol. The van der Waals surface area contributed by atoms with E-state index in [1.54, 1.807) is 0 Å². The number of benzene rings is 1. The van der Waals surface area contributed by atoms with Gasteiger partial charge in [-0.2, -0.15) is 0 Å². The van der Waals surface area contributed by atoms with Crippen LogP contribution in [0, 0.1) is 0 Å². The van der Waals surface area contributed by atoms with Gasteiger partial charge in [0.15, 0.2) is 5.96 Å². The Hall–Kier alpha value is -1.26. The minimum atomic E-state index is 0.205. The number of guanidine groups is 1. The van der Waals surface area contributed by atoms with Gasteiger partial charge in [-0.3, -0.25) is 4.99 Å². The molecule has 0 radical (unpaired) electrons. The molecule has 2 fully saturated rings.